The summed E-state index contributed by atoms with van der Waals surface area (Å²) >= 11 is 0. The Kier molecular flexibility index (Phi) is 3.10. The second-order valence-corrected chi connectivity index (χ2v) is 3.74. The minimum atomic E-state index is -0.954. The van der Waals surface area contributed by atoms with E-state index in [0.717, 1.165) is 11.6 Å². The molecule has 5 heteroatoms. The molecule has 0 aliphatic carbocycles. The number of rotatable bonds is 2. The lowest BCUT2D eigenvalue weighted by molar-refractivity contribution is 0.492. The maximum absolute atomic E-state index is 13.5. The number of benzene rings is 1. The molecule has 2 aromatic rings. The van der Waals surface area contributed by atoms with Gasteiger partial charge in [0.05, 0.1) is 6.04 Å². The summed E-state index contributed by atoms with van der Waals surface area (Å²) in [6.45, 7) is 1.83. The minimum absolute atomic E-state index is 0.0499. The molecular weight excluding hydrogens is 224 g/mol. The normalized spacial score (nSPS) is 12.5. The zero-order valence-corrected chi connectivity index (χ0v) is 9.19. The van der Waals surface area contributed by atoms with Gasteiger partial charge in [0.25, 0.3) is 0 Å². The van der Waals surface area contributed by atoms with Crippen LogP contribution in [0.1, 0.15) is 23.0 Å². The molecule has 0 aliphatic rings. The van der Waals surface area contributed by atoms with Gasteiger partial charge in [0.1, 0.15) is 5.82 Å². The largest absolute Gasteiger partial charge is 0.318 e. The Labute approximate surface area is 97.3 Å². The number of aryl methyl sites for hydroxylation is 1. The average Bonchev–Trinajstić information content (AvgIpc) is 2.33. The SMILES string of the molecule is Cc1cnc(C(N)c2cccc(F)c2F)nc1. The molecule has 0 bridgehead atoms. The topological polar surface area (TPSA) is 51.8 Å². The Bertz CT molecular complexity index is 526. The second kappa shape index (κ2) is 4.55. The molecule has 2 rings (SSSR count). The first-order valence-electron chi connectivity index (χ1n) is 5.07. The highest BCUT2D eigenvalue weighted by atomic mass is 19.2. The van der Waals surface area contributed by atoms with E-state index in [0.29, 0.717) is 0 Å². The molecule has 3 nitrogen and oxygen atoms in total. The standard InChI is InChI=1S/C12H11F2N3/c1-7-5-16-12(17-6-7)11(15)8-3-2-4-9(13)10(8)14/h2-6,11H,15H2,1H3. The van der Waals surface area contributed by atoms with Crippen LogP contribution in [0.2, 0.25) is 0 Å². The van der Waals surface area contributed by atoms with Crippen LogP contribution in [0, 0.1) is 18.6 Å². The number of halogens is 2. The monoisotopic (exact) mass is 235 g/mol. The van der Waals surface area contributed by atoms with Crippen LogP contribution in [0.3, 0.4) is 0 Å². The Hall–Kier alpha value is -1.88. The van der Waals surface area contributed by atoms with Crippen molar-refractivity contribution in [3.05, 3.63) is 59.2 Å². The molecule has 1 aromatic carbocycles. The van der Waals surface area contributed by atoms with Crippen molar-refractivity contribution in [2.75, 3.05) is 0 Å². The van der Waals surface area contributed by atoms with E-state index in [-0.39, 0.29) is 11.4 Å². The second-order valence-electron chi connectivity index (χ2n) is 3.74. The third-order valence-electron chi connectivity index (χ3n) is 2.40. The highest BCUT2D eigenvalue weighted by Gasteiger charge is 2.18. The van der Waals surface area contributed by atoms with E-state index in [1.165, 1.54) is 12.1 Å². The van der Waals surface area contributed by atoms with Gasteiger partial charge < -0.3 is 5.73 Å². The molecule has 0 radical (unpaired) electrons. The van der Waals surface area contributed by atoms with Crippen LogP contribution in [-0.2, 0) is 0 Å². The number of hydrogen-bond donors (Lipinski definition) is 1. The number of aromatic nitrogens is 2. The Morgan fingerprint density at radius 2 is 1.82 bits per heavy atom. The molecule has 2 N–H and O–H groups in total. The van der Waals surface area contributed by atoms with Crippen LogP contribution in [0.25, 0.3) is 0 Å². The summed E-state index contributed by atoms with van der Waals surface area (Å²) in [7, 11) is 0. The van der Waals surface area contributed by atoms with E-state index < -0.39 is 17.7 Å². The third-order valence-corrected chi connectivity index (χ3v) is 2.40. The Morgan fingerprint density at radius 3 is 2.47 bits per heavy atom. The van der Waals surface area contributed by atoms with Gasteiger partial charge in [-0.05, 0) is 18.6 Å². The minimum Gasteiger partial charge on any atom is -0.318 e. The van der Waals surface area contributed by atoms with Crippen molar-refractivity contribution in [1.82, 2.24) is 9.97 Å². The lowest BCUT2D eigenvalue weighted by Gasteiger charge is -2.11. The summed E-state index contributed by atoms with van der Waals surface area (Å²) in [6, 6.07) is 3.00. The third kappa shape index (κ3) is 2.29. The van der Waals surface area contributed by atoms with Gasteiger partial charge in [0, 0.05) is 18.0 Å². The first kappa shape index (κ1) is 11.6. The molecule has 0 saturated carbocycles. The van der Waals surface area contributed by atoms with Crippen LogP contribution in [-0.4, -0.2) is 9.97 Å². The lowest BCUT2D eigenvalue weighted by Crippen LogP contribution is -2.17. The quantitative estimate of drug-likeness (QED) is 0.867. The summed E-state index contributed by atoms with van der Waals surface area (Å²) in [5.41, 5.74) is 6.73. The van der Waals surface area contributed by atoms with Gasteiger partial charge in [-0.3, -0.25) is 0 Å². The summed E-state index contributed by atoms with van der Waals surface area (Å²) in [5.74, 6) is -1.62. The van der Waals surface area contributed by atoms with Crippen LogP contribution in [0.5, 0.6) is 0 Å². The predicted octanol–water partition coefficient (Wildman–Crippen LogP) is 2.11. The first-order chi connectivity index (χ1) is 8.09. The Morgan fingerprint density at radius 1 is 1.18 bits per heavy atom. The molecule has 17 heavy (non-hydrogen) atoms. The van der Waals surface area contributed by atoms with Crippen molar-refractivity contribution in [2.24, 2.45) is 5.73 Å². The van der Waals surface area contributed by atoms with Crippen molar-refractivity contribution in [2.45, 2.75) is 13.0 Å². The summed E-state index contributed by atoms with van der Waals surface area (Å²) in [5, 5.41) is 0. The van der Waals surface area contributed by atoms with Gasteiger partial charge in [-0.25, -0.2) is 18.7 Å². The van der Waals surface area contributed by atoms with Crippen molar-refractivity contribution < 1.29 is 8.78 Å². The van der Waals surface area contributed by atoms with Gasteiger partial charge in [-0.1, -0.05) is 12.1 Å². The zero-order valence-electron chi connectivity index (χ0n) is 9.19. The molecule has 1 aromatic heterocycles. The van der Waals surface area contributed by atoms with Gasteiger partial charge in [0.2, 0.25) is 0 Å². The van der Waals surface area contributed by atoms with E-state index in [1.807, 2.05) is 6.92 Å². The molecule has 1 atom stereocenters. The van der Waals surface area contributed by atoms with E-state index in [1.54, 1.807) is 12.4 Å². The van der Waals surface area contributed by atoms with Gasteiger partial charge in [-0.15, -0.1) is 0 Å². The summed E-state index contributed by atoms with van der Waals surface area (Å²) in [4.78, 5) is 8.00. The first-order valence-corrected chi connectivity index (χ1v) is 5.07. The molecular formula is C12H11F2N3. The van der Waals surface area contributed by atoms with Gasteiger partial charge in [0.15, 0.2) is 11.6 Å². The van der Waals surface area contributed by atoms with Crippen molar-refractivity contribution in [3.8, 4) is 0 Å². The van der Waals surface area contributed by atoms with Crippen molar-refractivity contribution >= 4 is 0 Å². The van der Waals surface area contributed by atoms with Gasteiger partial charge >= 0.3 is 0 Å². The zero-order chi connectivity index (χ0) is 12.4. The predicted molar refractivity (Wildman–Crippen MR) is 59.2 cm³/mol. The molecule has 0 amide bonds. The average molecular weight is 235 g/mol. The summed E-state index contributed by atoms with van der Waals surface area (Å²) < 4.78 is 26.6. The molecule has 1 unspecified atom stereocenters. The van der Waals surface area contributed by atoms with Crippen LogP contribution < -0.4 is 5.73 Å². The fourth-order valence-corrected chi connectivity index (χ4v) is 1.46. The smallest absolute Gasteiger partial charge is 0.164 e. The maximum Gasteiger partial charge on any atom is 0.164 e. The van der Waals surface area contributed by atoms with E-state index in [2.05, 4.69) is 9.97 Å². The lowest BCUT2D eigenvalue weighted by atomic mass is 10.1. The van der Waals surface area contributed by atoms with Crippen molar-refractivity contribution in [3.63, 3.8) is 0 Å². The van der Waals surface area contributed by atoms with Crippen LogP contribution >= 0.6 is 0 Å². The molecule has 88 valence electrons. The summed E-state index contributed by atoms with van der Waals surface area (Å²) in [6.07, 6.45) is 3.17. The number of nitrogens with two attached hydrogens (primary N) is 1. The molecule has 0 saturated heterocycles. The molecule has 0 fully saturated rings. The van der Waals surface area contributed by atoms with Crippen LogP contribution in [0.4, 0.5) is 8.78 Å². The highest BCUT2D eigenvalue weighted by molar-refractivity contribution is 5.27. The molecule has 0 aliphatic heterocycles. The van der Waals surface area contributed by atoms with Gasteiger partial charge in [-0.2, -0.15) is 0 Å². The van der Waals surface area contributed by atoms with E-state index in [4.69, 9.17) is 5.73 Å². The van der Waals surface area contributed by atoms with Crippen LogP contribution in [0.15, 0.2) is 30.6 Å². The number of nitrogens with zero attached hydrogens (tertiary/aromatic N) is 2. The maximum atomic E-state index is 13.5. The highest BCUT2D eigenvalue weighted by Crippen LogP contribution is 2.21. The fourth-order valence-electron chi connectivity index (χ4n) is 1.46. The Balaban J connectivity index is 2.40. The fraction of sp³-hybridized carbons (Fsp3) is 0.167. The van der Waals surface area contributed by atoms with E-state index in [9.17, 15) is 8.78 Å². The molecule has 0 spiro atoms. The van der Waals surface area contributed by atoms with E-state index >= 15 is 0 Å². The number of hydrogen-bond acceptors (Lipinski definition) is 3. The van der Waals surface area contributed by atoms with Crippen molar-refractivity contribution in [1.29, 1.82) is 0 Å². The molecule has 1 heterocycles.